The molecule has 4 heterocycles. The maximum atomic E-state index is 14.8. The third-order valence-electron chi connectivity index (χ3n) is 6.91. The van der Waals surface area contributed by atoms with Crippen molar-refractivity contribution in [3.63, 3.8) is 0 Å². The molecule has 178 valence electrons. The molecule has 6 nitrogen and oxygen atoms in total. The van der Waals surface area contributed by atoms with Gasteiger partial charge in [-0.3, -0.25) is 9.78 Å². The van der Waals surface area contributed by atoms with Crippen LogP contribution in [-0.2, 0) is 11.8 Å². The van der Waals surface area contributed by atoms with Crippen LogP contribution in [0.3, 0.4) is 0 Å². The van der Waals surface area contributed by atoms with E-state index < -0.39 is 11.6 Å². The van der Waals surface area contributed by atoms with E-state index in [0.29, 0.717) is 18.7 Å². The summed E-state index contributed by atoms with van der Waals surface area (Å²) >= 11 is 0. The van der Waals surface area contributed by atoms with Crippen molar-refractivity contribution < 1.29 is 13.5 Å². The molecule has 0 spiro atoms. The Kier molecular flexibility index (Phi) is 5.85. The Balaban J connectivity index is 1.55. The number of benzene rings is 1. The van der Waals surface area contributed by atoms with E-state index in [9.17, 15) is 13.6 Å². The number of halogens is 2. The average Bonchev–Trinajstić information content (AvgIpc) is 2.81. The van der Waals surface area contributed by atoms with Gasteiger partial charge in [0.1, 0.15) is 11.6 Å². The first-order valence-electron chi connectivity index (χ1n) is 11.6. The number of aryl methyl sites for hydroxylation is 1. The Hall–Kier alpha value is -3.26. The van der Waals surface area contributed by atoms with Crippen LogP contribution >= 0.6 is 0 Å². The number of fused-ring (bicyclic) bond motifs is 1. The van der Waals surface area contributed by atoms with Crippen molar-refractivity contribution in [3.05, 3.63) is 75.8 Å². The highest BCUT2D eigenvalue weighted by atomic mass is 19.1. The van der Waals surface area contributed by atoms with Gasteiger partial charge in [0.05, 0.1) is 23.2 Å². The fraction of sp³-hybridized carbons (Fsp3) is 0.385. The first-order valence-corrected chi connectivity index (χ1v) is 11.6. The van der Waals surface area contributed by atoms with Crippen LogP contribution in [0.1, 0.15) is 50.0 Å². The topological polar surface area (TPSA) is 68.2 Å². The van der Waals surface area contributed by atoms with Gasteiger partial charge in [-0.25, -0.2) is 8.78 Å². The molecule has 1 saturated heterocycles. The Labute approximate surface area is 197 Å². The average molecular weight is 467 g/mol. The third kappa shape index (κ3) is 4.18. The van der Waals surface area contributed by atoms with E-state index >= 15 is 0 Å². The van der Waals surface area contributed by atoms with E-state index in [1.807, 2.05) is 18.3 Å². The van der Waals surface area contributed by atoms with Crippen LogP contribution in [-0.4, -0.2) is 28.2 Å². The number of hydrogen-bond acceptors (Lipinski definition) is 5. The summed E-state index contributed by atoms with van der Waals surface area (Å²) in [6.45, 7) is 4.69. The molecule has 4 unspecified atom stereocenters. The van der Waals surface area contributed by atoms with Crippen molar-refractivity contribution in [1.82, 2.24) is 9.55 Å². The molecule has 2 N–H and O–H groups in total. The maximum Gasteiger partial charge on any atom is 0.250 e. The predicted molar refractivity (Wildman–Crippen MR) is 128 cm³/mol. The molecule has 0 saturated carbocycles. The highest BCUT2D eigenvalue weighted by molar-refractivity contribution is 5.86. The fourth-order valence-electron chi connectivity index (χ4n) is 4.74. The van der Waals surface area contributed by atoms with Crippen LogP contribution in [0.5, 0.6) is 0 Å². The van der Waals surface area contributed by atoms with Gasteiger partial charge in [0.25, 0.3) is 0 Å². The second kappa shape index (κ2) is 8.83. The van der Waals surface area contributed by atoms with Crippen LogP contribution in [0.25, 0.3) is 11.3 Å². The minimum absolute atomic E-state index is 0.0691. The molecule has 0 aliphatic carbocycles. The summed E-state index contributed by atoms with van der Waals surface area (Å²) in [7, 11) is 1.72. The van der Waals surface area contributed by atoms with E-state index in [0.717, 1.165) is 35.1 Å². The van der Waals surface area contributed by atoms with Gasteiger partial charge < -0.3 is 19.9 Å². The lowest BCUT2D eigenvalue weighted by atomic mass is 9.88. The Morgan fingerprint density at radius 3 is 2.65 bits per heavy atom. The summed E-state index contributed by atoms with van der Waals surface area (Å²) < 4.78 is 36.0. The fourth-order valence-corrected chi connectivity index (χ4v) is 4.74. The maximum absolute atomic E-state index is 14.8. The monoisotopic (exact) mass is 466 g/mol. The van der Waals surface area contributed by atoms with E-state index in [1.54, 1.807) is 17.7 Å². The predicted octanol–water partition coefficient (Wildman–Crippen LogP) is 4.98. The molecule has 2 aliphatic rings. The number of anilines is 2. The van der Waals surface area contributed by atoms with Crippen LogP contribution in [0.15, 0.2) is 47.4 Å². The first-order chi connectivity index (χ1) is 16.3. The van der Waals surface area contributed by atoms with E-state index in [4.69, 9.17) is 9.72 Å². The van der Waals surface area contributed by atoms with Crippen molar-refractivity contribution in [2.24, 2.45) is 7.05 Å². The zero-order valence-electron chi connectivity index (χ0n) is 19.4. The molecule has 0 bridgehead atoms. The summed E-state index contributed by atoms with van der Waals surface area (Å²) in [4.78, 5) is 16.7. The molecule has 1 fully saturated rings. The largest absolute Gasteiger partial charge is 0.379 e. The molecule has 1 aromatic carbocycles. The highest BCUT2D eigenvalue weighted by Crippen LogP contribution is 2.43. The van der Waals surface area contributed by atoms with Gasteiger partial charge in [-0.2, -0.15) is 0 Å². The zero-order chi connectivity index (χ0) is 24.0. The van der Waals surface area contributed by atoms with Gasteiger partial charge in [-0.15, -0.1) is 0 Å². The molecule has 2 aliphatic heterocycles. The van der Waals surface area contributed by atoms with Crippen LogP contribution in [0, 0.1) is 11.6 Å². The standard InChI is InChI=1S/C26H28F2N4O2/c1-14-15(2)30-26-22(29-14)12-21(31-25(26)19-6-5-18(27)11-20(19)28)16-8-9-34-23(10-16)17-4-7-24(33)32(3)13-17/h4-7,11-16,23,29-30H,8-10H2,1-3H3. The van der Waals surface area contributed by atoms with Crippen molar-refractivity contribution in [3.8, 4) is 11.3 Å². The van der Waals surface area contributed by atoms with Gasteiger partial charge in [0.15, 0.2) is 0 Å². The van der Waals surface area contributed by atoms with Gasteiger partial charge in [-0.05, 0) is 56.5 Å². The van der Waals surface area contributed by atoms with E-state index in [1.165, 1.54) is 12.1 Å². The number of nitrogens with one attached hydrogen (secondary N) is 2. The molecule has 5 rings (SSSR count). The number of ether oxygens (including phenoxy) is 1. The van der Waals surface area contributed by atoms with E-state index in [2.05, 4.69) is 24.5 Å². The second-order valence-corrected chi connectivity index (χ2v) is 9.30. The lowest BCUT2D eigenvalue weighted by molar-refractivity contribution is 0.00430. The van der Waals surface area contributed by atoms with E-state index in [-0.39, 0.29) is 35.2 Å². The zero-order valence-corrected chi connectivity index (χ0v) is 19.4. The summed E-state index contributed by atoms with van der Waals surface area (Å²) in [5.41, 5.74) is 4.03. The Morgan fingerprint density at radius 1 is 1.09 bits per heavy atom. The normalized spacial score (nSPS) is 24.1. The number of aromatic nitrogens is 2. The number of pyridine rings is 2. The Morgan fingerprint density at radius 2 is 1.88 bits per heavy atom. The van der Waals surface area contributed by atoms with Crippen molar-refractivity contribution in [2.75, 3.05) is 17.2 Å². The lowest BCUT2D eigenvalue weighted by Crippen LogP contribution is -2.39. The number of hydrogen-bond donors (Lipinski definition) is 2. The first kappa shape index (κ1) is 22.5. The second-order valence-electron chi connectivity index (χ2n) is 9.30. The molecule has 0 amide bonds. The van der Waals surface area contributed by atoms with Gasteiger partial charge >= 0.3 is 0 Å². The molecule has 34 heavy (non-hydrogen) atoms. The molecule has 4 atom stereocenters. The molecule has 0 radical (unpaired) electrons. The third-order valence-corrected chi connectivity index (χ3v) is 6.91. The van der Waals surface area contributed by atoms with Crippen molar-refractivity contribution >= 4 is 11.4 Å². The van der Waals surface area contributed by atoms with Crippen LogP contribution < -0.4 is 16.2 Å². The minimum atomic E-state index is -0.644. The SMILES string of the molecule is CC1Nc2cc(C3CCOC(c4ccc(=O)n(C)c4)C3)nc(-c3ccc(F)cc3F)c2NC1C. The lowest BCUT2D eigenvalue weighted by Gasteiger charge is -2.35. The molecular weight excluding hydrogens is 438 g/mol. The van der Waals surface area contributed by atoms with Gasteiger partial charge in [0, 0.05) is 61.2 Å². The Bertz CT molecular complexity index is 1290. The van der Waals surface area contributed by atoms with Crippen molar-refractivity contribution in [2.45, 2.75) is 50.8 Å². The molecular formula is C26H28F2N4O2. The van der Waals surface area contributed by atoms with Gasteiger partial charge in [0.2, 0.25) is 5.56 Å². The minimum Gasteiger partial charge on any atom is -0.379 e. The summed E-state index contributed by atoms with van der Waals surface area (Å²) in [5.74, 6) is -1.18. The summed E-state index contributed by atoms with van der Waals surface area (Å²) in [6, 6.07) is 9.26. The number of nitrogens with zero attached hydrogens (tertiary/aromatic N) is 2. The smallest absolute Gasteiger partial charge is 0.250 e. The highest BCUT2D eigenvalue weighted by Gasteiger charge is 2.31. The number of rotatable bonds is 3. The molecule has 3 aromatic rings. The molecule has 8 heteroatoms. The van der Waals surface area contributed by atoms with Crippen LogP contribution in [0.2, 0.25) is 0 Å². The molecule has 2 aromatic heterocycles. The van der Waals surface area contributed by atoms with Gasteiger partial charge in [-0.1, -0.05) is 0 Å². The summed E-state index contributed by atoms with van der Waals surface area (Å²) in [6.07, 6.45) is 3.11. The van der Waals surface area contributed by atoms with Crippen LogP contribution in [0.4, 0.5) is 20.2 Å². The summed E-state index contributed by atoms with van der Waals surface area (Å²) in [5, 5.41) is 6.97. The quantitative estimate of drug-likeness (QED) is 0.570. The van der Waals surface area contributed by atoms with Crippen molar-refractivity contribution in [1.29, 1.82) is 0 Å².